The third kappa shape index (κ3) is 4.94. The topological polar surface area (TPSA) is 79.3 Å². The van der Waals surface area contributed by atoms with Crippen LogP contribution in [-0.2, 0) is 20.9 Å². The Hall–Kier alpha value is -2.12. The van der Waals surface area contributed by atoms with Crippen molar-refractivity contribution in [2.24, 2.45) is 0 Å². The Bertz CT molecular complexity index is 535. The first-order valence-electron chi connectivity index (χ1n) is 7.43. The fourth-order valence-electron chi connectivity index (χ4n) is 2.39. The van der Waals surface area contributed by atoms with E-state index in [0.717, 1.165) is 5.56 Å². The summed E-state index contributed by atoms with van der Waals surface area (Å²) < 4.78 is 11.3. The highest BCUT2D eigenvalue weighted by Crippen LogP contribution is 2.14. The summed E-state index contributed by atoms with van der Waals surface area (Å²) >= 11 is 0. The van der Waals surface area contributed by atoms with Crippen molar-refractivity contribution in [2.45, 2.75) is 18.8 Å². The fourth-order valence-corrected chi connectivity index (χ4v) is 2.39. The van der Waals surface area contributed by atoms with E-state index in [1.54, 1.807) is 14.1 Å². The van der Waals surface area contributed by atoms with Crippen LogP contribution in [-0.4, -0.2) is 72.9 Å². The number of likely N-dealkylation sites (N-methyl/N-ethyl adjacent to an activating group) is 1. The molecule has 126 valence electrons. The summed E-state index contributed by atoms with van der Waals surface area (Å²) in [5.74, 6) is -0.246. The van der Waals surface area contributed by atoms with Gasteiger partial charge in [-0.15, -0.1) is 0 Å². The normalized spacial score (nSPS) is 21.0. The number of amides is 2. The molecule has 2 rings (SSSR count). The van der Waals surface area contributed by atoms with Crippen molar-refractivity contribution in [3.8, 4) is 0 Å². The van der Waals surface area contributed by atoms with Gasteiger partial charge in [0.1, 0.15) is 0 Å². The molecule has 0 aromatic heterocycles. The minimum atomic E-state index is -1.06. The van der Waals surface area contributed by atoms with E-state index in [9.17, 15) is 14.7 Å². The van der Waals surface area contributed by atoms with Gasteiger partial charge in [0.25, 0.3) is 5.91 Å². The molecule has 0 unspecified atom stereocenters. The Balaban J connectivity index is 1.91. The summed E-state index contributed by atoms with van der Waals surface area (Å²) in [5.41, 5.74) is 1.03. The molecule has 1 fully saturated rings. The largest absolute Gasteiger partial charge is 0.465 e. The number of morpholine rings is 1. The molecule has 0 saturated carbocycles. The van der Waals surface area contributed by atoms with E-state index < -0.39 is 18.3 Å². The van der Waals surface area contributed by atoms with E-state index in [0.29, 0.717) is 6.61 Å². The summed E-state index contributed by atoms with van der Waals surface area (Å²) in [7, 11) is 3.23. The second-order valence-corrected chi connectivity index (χ2v) is 5.67. The quantitative estimate of drug-likeness (QED) is 0.876. The van der Waals surface area contributed by atoms with Crippen molar-refractivity contribution < 1.29 is 24.2 Å². The van der Waals surface area contributed by atoms with Crippen molar-refractivity contribution in [1.82, 2.24) is 9.80 Å². The standard InChI is InChI=1S/C16H22N2O5/c1-17(2)15(19)14-9-18(16(20)21)8-13(23-14)11-22-10-12-6-4-3-5-7-12/h3-7,13-14H,8-11H2,1-2H3,(H,20,21)/t13-,14+/m1/s1. The van der Waals surface area contributed by atoms with Gasteiger partial charge in [-0.05, 0) is 5.56 Å². The first-order chi connectivity index (χ1) is 11.0. The lowest BCUT2D eigenvalue weighted by Crippen LogP contribution is -2.55. The van der Waals surface area contributed by atoms with Gasteiger partial charge >= 0.3 is 6.09 Å². The molecule has 1 saturated heterocycles. The molecular formula is C16H22N2O5. The number of rotatable bonds is 5. The molecule has 1 aliphatic rings. The highest BCUT2D eigenvalue weighted by Gasteiger charge is 2.35. The first-order valence-corrected chi connectivity index (χ1v) is 7.43. The molecule has 2 amide bonds. The lowest BCUT2D eigenvalue weighted by atomic mass is 10.2. The molecule has 2 atom stereocenters. The van der Waals surface area contributed by atoms with Crippen LogP contribution in [0.15, 0.2) is 30.3 Å². The van der Waals surface area contributed by atoms with Gasteiger partial charge in [0.15, 0.2) is 6.10 Å². The number of ether oxygens (including phenoxy) is 2. The van der Waals surface area contributed by atoms with E-state index in [1.165, 1.54) is 9.80 Å². The van der Waals surface area contributed by atoms with Crippen LogP contribution in [0.5, 0.6) is 0 Å². The SMILES string of the molecule is CN(C)C(=O)[C@@H]1CN(C(=O)O)C[C@H](COCc2ccccc2)O1. The van der Waals surface area contributed by atoms with Gasteiger partial charge < -0.3 is 24.4 Å². The Morgan fingerprint density at radius 1 is 1.30 bits per heavy atom. The fraction of sp³-hybridized carbons (Fsp3) is 0.500. The van der Waals surface area contributed by atoms with Gasteiger partial charge in [-0.1, -0.05) is 30.3 Å². The Morgan fingerprint density at radius 2 is 2.00 bits per heavy atom. The molecule has 7 nitrogen and oxygen atoms in total. The summed E-state index contributed by atoms with van der Waals surface area (Å²) in [4.78, 5) is 25.9. The van der Waals surface area contributed by atoms with E-state index >= 15 is 0 Å². The van der Waals surface area contributed by atoms with Crippen LogP contribution in [0.2, 0.25) is 0 Å². The van der Waals surface area contributed by atoms with Crippen molar-refractivity contribution >= 4 is 12.0 Å². The van der Waals surface area contributed by atoms with Gasteiger partial charge in [-0.2, -0.15) is 0 Å². The predicted molar refractivity (Wildman–Crippen MR) is 83.1 cm³/mol. The third-order valence-corrected chi connectivity index (χ3v) is 3.57. The average Bonchev–Trinajstić information content (AvgIpc) is 2.54. The van der Waals surface area contributed by atoms with Crippen LogP contribution in [0, 0.1) is 0 Å². The number of hydrogen-bond donors (Lipinski definition) is 1. The molecule has 0 aliphatic carbocycles. The van der Waals surface area contributed by atoms with Gasteiger partial charge in [-0.25, -0.2) is 4.79 Å². The number of benzene rings is 1. The van der Waals surface area contributed by atoms with Gasteiger partial charge in [0.05, 0.1) is 32.4 Å². The highest BCUT2D eigenvalue weighted by atomic mass is 16.5. The van der Waals surface area contributed by atoms with Crippen LogP contribution < -0.4 is 0 Å². The zero-order chi connectivity index (χ0) is 16.8. The zero-order valence-electron chi connectivity index (χ0n) is 13.3. The van der Waals surface area contributed by atoms with E-state index in [1.807, 2.05) is 30.3 Å². The summed E-state index contributed by atoms with van der Waals surface area (Å²) in [6.07, 6.45) is -2.31. The lowest BCUT2D eigenvalue weighted by Gasteiger charge is -2.36. The number of carbonyl (C=O) groups is 2. The second-order valence-electron chi connectivity index (χ2n) is 5.67. The van der Waals surface area contributed by atoms with Crippen molar-refractivity contribution in [2.75, 3.05) is 33.8 Å². The lowest BCUT2D eigenvalue weighted by molar-refractivity contribution is -0.158. The number of carboxylic acid groups (broad SMARTS) is 1. The molecule has 23 heavy (non-hydrogen) atoms. The van der Waals surface area contributed by atoms with Gasteiger partial charge in [-0.3, -0.25) is 4.79 Å². The minimum absolute atomic E-state index is 0.0432. The molecule has 0 bridgehead atoms. The monoisotopic (exact) mass is 322 g/mol. The first kappa shape index (κ1) is 17.2. The molecule has 1 aromatic rings. The predicted octanol–water partition coefficient (Wildman–Crippen LogP) is 1.04. The Kier molecular flexibility index (Phi) is 5.95. The maximum absolute atomic E-state index is 12.0. The summed E-state index contributed by atoms with van der Waals surface area (Å²) in [6.45, 7) is 0.888. The number of nitrogens with zero attached hydrogens (tertiary/aromatic N) is 2. The maximum Gasteiger partial charge on any atom is 0.407 e. The molecule has 1 N–H and O–H groups in total. The number of hydrogen-bond acceptors (Lipinski definition) is 4. The molecular weight excluding hydrogens is 300 g/mol. The summed E-state index contributed by atoms with van der Waals surface area (Å²) in [5, 5.41) is 9.20. The van der Waals surface area contributed by atoms with Crippen LogP contribution >= 0.6 is 0 Å². The molecule has 7 heteroatoms. The third-order valence-electron chi connectivity index (χ3n) is 3.57. The summed E-state index contributed by atoms with van der Waals surface area (Å²) in [6, 6.07) is 9.67. The minimum Gasteiger partial charge on any atom is -0.465 e. The zero-order valence-corrected chi connectivity index (χ0v) is 13.3. The van der Waals surface area contributed by atoms with Crippen LogP contribution in [0.1, 0.15) is 5.56 Å². The van der Waals surface area contributed by atoms with Crippen molar-refractivity contribution in [3.63, 3.8) is 0 Å². The molecule has 0 spiro atoms. The van der Waals surface area contributed by atoms with Gasteiger partial charge in [0, 0.05) is 14.1 Å². The van der Waals surface area contributed by atoms with Crippen molar-refractivity contribution in [1.29, 1.82) is 0 Å². The van der Waals surface area contributed by atoms with E-state index in [-0.39, 0.29) is 25.6 Å². The van der Waals surface area contributed by atoms with Crippen molar-refractivity contribution in [3.05, 3.63) is 35.9 Å². The molecule has 0 radical (unpaired) electrons. The van der Waals surface area contributed by atoms with Gasteiger partial charge in [0.2, 0.25) is 0 Å². The van der Waals surface area contributed by atoms with E-state index in [4.69, 9.17) is 9.47 Å². The number of carbonyl (C=O) groups excluding carboxylic acids is 1. The molecule has 1 aromatic carbocycles. The average molecular weight is 322 g/mol. The van der Waals surface area contributed by atoms with Crippen LogP contribution in [0.4, 0.5) is 4.79 Å². The smallest absolute Gasteiger partial charge is 0.407 e. The molecule has 1 aliphatic heterocycles. The Morgan fingerprint density at radius 3 is 2.61 bits per heavy atom. The maximum atomic E-state index is 12.0. The highest BCUT2D eigenvalue weighted by molar-refractivity contribution is 5.81. The van der Waals surface area contributed by atoms with E-state index in [2.05, 4.69) is 0 Å². The Labute approximate surface area is 135 Å². The second kappa shape index (κ2) is 7.94. The molecule has 1 heterocycles. The van der Waals surface area contributed by atoms with Crippen LogP contribution in [0.3, 0.4) is 0 Å². The van der Waals surface area contributed by atoms with Crippen LogP contribution in [0.25, 0.3) is 0 Å².